The van der Waals surface area contributed by atoms with E-state index < -0.39 is 5.60 Å². The molecule has 2 rings (SSSR count). The normalized spacial score (nSPS) is 22.6. The molecule has 1 amide bonds. The Morgan fingerprint density at radius 1 is 1.14 bits per heavy atom. The average Bonchev–Trinajstić information content (AvgIpc) is 2.38. The number of piperazine rings is 1. The summed E-state index contributed by atoms with van der Waals surface area (Å²) in [5, 5.41) is 0. The number of anilines is 2. The van der Waals surface area contributed by atoms with Gasteiger partial charge in [-0.2, -0.15) is 0 Å². The molecular weight excluding hydrogens is 278 g/mol. The lowest BCUT2D eigenvalue weighted by Crippen LogP contribution is -2.58. The van der Waals surface area contributed by atoms with E-state index in [9.17, 15) is 4.79 Å². The van der Waals surface area contributed by atoms with Gasteiger partial charge in [-0.05, 0) is 58.9 Å². The maximum atomic E-state index is 12.3. The van der Waals surface area contributed by atoms with Crippen molar-refractivity contribution in [1.29, 1.82) is 0 Å². The summed E-state index contributed by atoms with van der Waals surface area (Å²) in [4.78, 5) is 16.4. The molecule has 1 heterocycles. The standard InChI is InChI=1S/C17H27N3O2/c1-12-10-19(16(21)22-17(3,4)5)11-13(2)20(12)15-8-6-14(18)7-9-15/h6-9,12-13H,10-11,18H2,1-5H3. The fourth-order valence-electron chi connectivity index (χ4n) is 2.95. The van der Waals surface area contributed by atoms with Crippen LogP contribution in [0.15, 0.2) is 24.3 Å². The summed E-state index contributed by atoms with van der Waals surface area (Å²) in [6.07, 6.45) is -0.233. The molecule has 2 N–H and O–H groups in total. The number of nitrogens with two attached hydrogens (primary N) is 1. The highest BCUT2D eigenvalue weighted by Crippen LogP contribution is 2.26. The highest BCUT2D eigenvalue weighted by Gasteiger charge is 2.33. The molecule has 0 saturated carbocycles. The first-order chi connectivity index (χ1) is 10.2. The Bertz CT molecular complexity index is 510. The number of carbonyl (C=O) groups is 1. The second kappa shape index (κ2) is 6.07. The van der Waals surface area contributed by atoms with Gasteiger partial charge in [0.05, 0.1) is 0 Å². The highest BCUT2D eigenvalue weighted by molar-refractivity contribution is 5.69. The van der Waals surface area contributed by atoms with E-state index in [4.69, 9.17) is 10.5 Å². The molecule has 22 heavy (non-hydrogen) atoms. The Labute approximate surface area is 133 Å². The van der Waals surface area contributed by atoms with Gasteiger partial charge in [-0.15, -0.1) is 0 Å². The van der Waals surface area contributed by atoms with Crippen LogP contribution in [0.25, 0.3) is 0 Å². The maximum absolute atomic E-state index is 12.3. The smallest absolute Gasteiger partial charge is 0.410 e. The van der Waals surface area contributed by atoms with Crippen LogP contribution in [0.5, 0.6) is 0 Å². The molecular formula is C17H27N3O2. The lowest BCUT2D eigenvalue weighted by Gasteiger charge is -2.45. The minimum absolute atomic E-state index is 0.222. The molecule has 122 valence electrons. The molecule has 0 bridgehead atoms. The van der Waals surface area contributed by atoms with Gasteiger partial charge in [0, 0.05) is 36.5 Å². The number of nitrogen functional groups attached to an aromatic ring is 1. The van der Waals surface area contributed by atoms with Gasteiger partial charge in [0.1, 0.15) is 5.60 Å². The van der Waals surface area contributed by atoms with Crippen LogP contribution in [0.2, 0.25) is 0 Å². The number of hydrogen-bond acceptors (Lipinski definition) is 4. The molecule has 5 heteroatoms. The minimum atomic E-state index is -0.461. The number of hydrogen-bond donors (Lipinski definition) is 1. The van der Waals surface area contributed by atoms with Crippen LogP contribution >= 0.6 is 0 Å². The predicted molar refractivity (Wildman–Crippen MR) is 90.1 cm³/mol. The van der Waals surface area contributed by atoms with Gasteiger partial charge in [-0.1, -0.05) is 0 Å². The molecule has 1 aromatic carbocycles. The van der Waals surface area contributed by atoms with Crippen molar-refractivity contribution in [2.45, 2.75) is 52.3 Å². The van der Waals surface area contributed by atoms with Crippen LogP contribution in [-0.2, 0) is 4.74 Å². The van der Waals surface area contributed by atoms with Crippen LogP contribution < -0.4 is 10.6 Å². The van der Waals surface area contributed by atoms with Gasteiger partial charge in [0.15, 0.2) is 0 Å². The van der Waals surface area contributed by atoms with Gasteiger partial charge in [-0.3, -0.25) is 0 Å². The van der Waals surface area contributed by atoms with E-state index in [0.717, 1.165) is 11.4 Å². The van der Waals surface area contributed by atoms with Crippen LogP contribution in [0.3, 0.4) is 0 Å². The topological polar surface area (TPSA) is 58.8 Å². The summed E-state index contributed by atoms with van der Waals surface area (Å²) in [5.41, 5.74) is 7.20. The van der Waals surface area contributed by atoms with E-state index in [2.05, 4.69) is 18.7 Å². The van der Waals surface area contributed by atoms with Crippen molar-refractivity contribution in [2.24, 2.45) is 0 Å². The van der Waals surface area contributed by atoms with Gasteiger partial charge in [0.25, 0.3) is 0 Å². The van der Waals surface area contributed by atoms with Gasteiger partial charge in [0.2, 0.25) is 0 Å². The minimum Gasteiger partial charge on any atom is -0.444 e. The number of amides is 1. The second-order valence-corrected chi connectivity index (χ2v) is 7.08. The Hall–Kier alpha value is -1.91. The zero-order chi connectivity index (χ0) is 16.5. The second-order valence-electron chi connectivity index (χ2n) is 7.08. The van der Waals surface area contributed by atoms with Crippen LogP contribution in [0.4, 0.5) is 16.2 Å². The first-order valence-electron chi connectivity index (χ1n) is 7.79. The molecule has 1 aromatic rings. The van der Waals surface area contributed by atoms with Crippen molar-refractivity contribution in [3.05, 3.63) is 24.3 Å². The molecule has 1 saturated heterocycles. The fourth-order valence-corrected chi connectivity index (χ4v) is 2.95. The lowest BCUT2D eigenvalue weighted by molar-refractivity contribution is 0.0193. The van der Waals surface area contributed by atoms with Crippen molar-refractivity contribution < 1.29 is 9.53 Å². The monoisotopic (exact) mass is 305 g/mol. The Morgan fingerprint density at radius 2 is 1.64 bits per heavy atom. The summed E-state index contributed by atoms with van der Waals surface area (Å²) >= 11 is 0. The average molecular weight is 305 g/mol. The van der Waals surface area contributed by atoms with E-state index in [1.54, 1.807) is 4.90 Å². The predicted octanol–water partition coefficient (Wildman–Crippen LogP) is 3.10. The molecule has 2 unspecified atom stereocenters. The van der Waals surface area contributed by atoms with Crippen molar-refractivity contribution in [3.63, 3.8) is 0 Å². The molecule has 0 radical (unpaired) electrons. The van der Waals surface area contributed by atoms with Crippen LogP contribution in [0.1, 0.15) is 34.6 Å². The number of nitrogens with zero attached hydrogens (tertiary/aromatic N) is 2. The molecule has 2 atom stereocenters. The third-order valence-corrected chi connectivity index (χ3v) is 3.76. The summed E-state index contributed by atoms with van der Waals surface area (Å²) in [5.74, 6) is 0. The van der Waals surface area contributed by atoms with Crippen LogP contribution in [-0.4, -0.2) is 41.8 Å². The van der Waals surface area contributed by atoms with Crippen molar-refractivity contribution in [1.82, 2.24) is 4.90 Å². The van der Waals surface area contributed by atoms with E-state index in [1.807, 2.05) is 45.0 Å². The number of carbonyl (C=O) groups excluding carboxylic acids is 1. The quantitative estimate of drug-likeness (QED) is 0.810. The molecule has 1 aliphatic heterocycles. The van der Waals surface area contributed by atoms with Crippen LogP contribution in [0, 0.1) is 0 Å². The van der Waals surface area contributed by atoms with E-state index >= 15 is 0 Å². The number of rotatable bonds is 1. The summed E-state index contributed by atoms with van der Waals surface area (Å²) in [6.45, 7) is 11.2. The fraction of sp³-hybridized carbons (Fsp3) is 0.588. The Balaban J connectivity index is 2.09. The first-order valence-corrected chi connectivity index (χ1v) is 7.79. The summed E-state index contributed by atoms with van der Waals surface area (Å²) < 4.78 is 5.48. The van der Waals surface area contributed by atoms with Crippen molar-refractivity contribution in [3.8, 4) is 0 Å². The first kappa shape index (κ1) is 16.5. The SMILES string of the molecule is CC1CN(C(=O)OC(C)(C)C)CC(C)N1c1ccc(N)cc1. The largest absolute Gasteiger partial charge is 0.444 e. The van der Waals surface area contributed by atoms with E-state index in [0.29, 0.717) is 13.1 Å². The molecule has 5 nitrogen and oxygen atoms in total. The number of ether oxygens (including phenoxy) is 1. The third kappa shape index (κ3) is 3.84. The lowest BCUT2D eigenvalue weighted by atomic mass is 10.1. The molecule has 0 aromatic heterocycles. The molecule has 1 aliphatic rings. The highest BCUT2D eigenvalue weighted by atomic mass is 16.6. The number of benzene rings is 1. The molecule has 0 aliphatic carbocycles. The van der Waals surface area contributed by atoms with E-state index in [-0.39, 0.29) is 18.2 Å². The molecule has 1 fully saturated rings. The zero-order valence-electron chi connectivity index (χ0n) is 14.2. The Morgan fingerprint density at radius 3 is 2.09 bits per heavy atom. The maximum Gasteiger partial charge on any atom is 0.410 e. The summed E-state index contributed by atoms with van der Waals surface area (Å²) in [6, 6.07) is 8.33. The van der Waals surface area contributed by atoms with Gasteiger partial charge < -0.3 is 20.3 Å². The third-order valence-electron chi connectivity index (χ3n) is 3.76. The van der Waals surface area contributed by atoms with Crippen molar-refractivity contribution >= 4 is 17.5 Å². The zero-order valence-corrected chi connectivity index (χ0v) is 14.2. The van der Waals surface area contributed by atoms with Gasteiger partial charge in [-0.25, -0.2) is 4.79 Å². The van der Waals surface area contributed by atoms with Crippen molar-refractivity contribution in [2.75, 3.05) is 23.7 Å². The van der Waals surface area contributed by atoms with Gasteiger partial charge >= 0.3 is 6.09 Å². The van der Waals surface area contributed by atoms with E-state index in [1.165, 1.54) is 0 Å². The summed E-state index contributed by atoms with van der Waals surface area (Å²) in [7, 11) is 0. The molecule has 0 spiro atoms. The Kier molecular flexibility index (Phi) is 4.54.